The number of carbonyl (C=O) groups is 2. The van der Waals surface area contributed by atoms with Gasteiger partial charge in [0.2, 0.25) is 0 Å². The molecule has 0 atom stereocenters. The van der Waals surface area contributed by atoms with Crippen LogP contribution in [0.15, 0.2) is 78.9 Å². The van der Waals surface area contributed by atoms with Crippen molar-refractivity contribution in [3.05, 3.63) is 95.6 Å². The van der Waals surface area contributed by atoms with Gasteiger partial charge < -0.3 is 19.7 Å². The lowest BCUT2D eigenvalue weighted by Gasteiger charge is -2.26. The molecule has 35 heavy (non-hydrogen) atoms. The van der Waals surface area contributed by atoms with Gasteiger partial charge in [0.25, 0.3) is 0 Å². The number of hydrogen-bond donors (Lipinski definition) is 2. The van der Waals surface area contributed by atoms with Crippen molar-refractivity contribution in [3.63, 3.8) is 0 Å². The Bertz CT molecular complexity index is 1030. The summed E-state index contributed by atoms with van der Waals surface area (Å²) in [7, 11) is 0. The zero-order valence-corrected chi connectivity index (χ0v) is 19.6. The van der Waals surface area contributed by atoms with Crippen molar-refractivity contribution in [2.24, 2.45) is 0 Å². The Morgan fingerprint density at radius 3 is 1.57 bits per heavy atom. The molecule has 4 rings (SSSR count). The third-order valence-electron chi connectivity index (χ3n) is 5.54. The van der Waals surface area contributed by atoms with Gasteiger partial charge in [0, 0.05) is 6.54 Å². The summed E-state index contributed by atoms with van der Waals surface area (Å²) in [6.45, 7) is 4.68. The molecule has 1 saturated heterocycles. The van der Waals surface area contributed by atoms with Gasteiger partial charge in [0.1, 0.15) is 24.7 Å². The maximum absolute atomic E-state index is 9.10. The molecular formula is C28H31NO6. The Kier molecular flexibility index (Phi) is 10.1. The van der Waals surface area contributed by atoms with Crippen LogP contribution in [0.5, 0.6) is 11.5 Å². The fourth-order valence-corrected chi connectivity index (χ4v) is 3.66. The molecule has 3 aromatic carbocycles. The molecule has 0 aliphatic carbocycles. The van der Waals surface area contributed by atoms with Gasteiger partial charge in [-0.05, 0) is 66.9 Å². The predicted molar refractivity (Wildman–Crippen MR) is 132 cm³/mol. The van der Waals surface area contributed by atoms with E-state index in [-0.39, 0.29) is 0 Å². The molecule has 2 N–H and O–H groups in total. The average Bonchev–Trinajstić information content (AvgIpc) is 2.89. The Labute approximate surface area is 205 Å². The number of ether oxygens (including phenoxy) is 2. The number of benzene rings is 3. The van der Waals surface area contributed by atoms with Crippen molar-refractivity contribution in [1.29, 1.82) is 0 Å². The van der Waals surface area contributed by atoms with E-state index in [2.05, 4.69) is 41.3 Å². The van der Waals surface area contributed by atoms with E-state index in [0.29, 0.717) is 13.2 Å². The lowest BCUT2D eigenvalue weighted by atomic mass is 10.1. The van der Waals surface area contributed by atoms with Gasteiger partial charge in [0.15, 0.2) is 0 Å². The van der Waals surface area contributed by atoms with Crippen LogP contribution in [0.3, 0.4) is 0 Å². The molecule has 1 fully saturated rings. The molecule has 0 spiro atoms. The molecule has 184 valence electrons. The Morgan fingerprint density at radius 1 is 0.629 bits per heavy atom. The van der Waals surface area contributed by atoms with Crippen LogP contribution in [-0.4, -0.2) is 40.1 Å². The van der Waals surface area contributed by atoms with Gasteiger partial charge in [-0.3, -0.25) is 4.90 Å². The summed E-state index contributed by atoms with van der Waals surface area (Å²) in [6, 6.07) is 26.8. The summed E-state index contributed by atoms with van der Waals surface area (Å²) in [5.41, 5.74) is 3.74. The molecule has 0 radical (unpaired) electrons. The number of nitrogens with zero attached hydrogens (tertiary/aromatic N) is 1. The highest BCUT2D eigenvalue weighted by atomic mass is 16.5. The lowest BCUT2D eigenvalue weighted by molar-refractivity contribution is -0.159. The summed E-state index contributed by atoms with van der Waals surface area (Å²) in [4.78, 5) is 20.8. The Morgan fingerprint density at radius 2 is 1.09 bits per heavy atom. The normalized spacial score (nSPS) is 13.3. The number of hydrogen-bond acceptors (Lipinski definition) is 5. The smallest absolute Gasteiger partial charge is 0.414 e. The van der Waals surface area contributed by atoms with Gasteiger partial charge >= 0.3 is 11.9 Å². The maximum Gasteiger partial charge on any atom is 0.414 e. The van der Waals surface area contributed by atoms with E-state index < -0.39 is 11.9 Å². The summed E-state index contributed by atoms with van der Waals surface area (Å²) in [6.07, 6.45) is 4.05. The molecule has 0 saturated carbocycles. The van der Waals surface area contributed by atoms with Crippen molar-refractivity contribution in [3.8, 4) is 11.5 Å². The van der Waals surface area contributed by atoms with Crippen LogP contribution in [0.1, 0.15) is 36.0 Å². The van der Waals surface area contributed by atoms with Gasteiger partial charge in [-0.15, -0.1) is 0 Å². The Balaban J connectivity index is 0.000000509. The van der Waals surface area contributed by atoms with Crippen molar-refractivity contribution in [2.45, 2.75) is 39.0 Å². The molecule has 1 aliphatic rings. The van der Waals surface area contributed by atoms with Crippen molar-refractivity contribution in [2.75, 3.05) is 13.1 Å². The predicted octanol–water partition coefficient (Wildman–Crippen LogP) is 4.99. The molecule has 0 unspecified atom stereocenters. The van der Waals surface area contributed by atoms with Crippen LogP contribution in [0, 0.1) is 0 Å². The first-order valence-electron chi connectivity index (χ1n) is 11.7. The number of carboxylic acid groups (broad SMARTS) is 2. The zero-order valence-electron chi connectivity index (χ0n) is 19.6. The highest BCUT2D eigenvalue weighted by Gasteiger charge is 2.10. The Hall–Kier alpha value is -3.84. The van der Waals surface area contributed by atoms with E-state index in [9.17, 15) is 0 Å². The van der Waals surface area contributed by atoms with Crippen molar-refractivity contribution in [1.82, 2.24) is 4.90 Å². The fourth-order valence-electron chi connectivity index (χ4n) is 3.66. The standard InChI is InChI=1S/C26H29NO2.C2H2O4/c1-3-7-23(8-4-1)20-28-25-13-15-26(16-14-25)29-21-24-11-9-22(10-12-24)19-27-17-5-2-6-18-27;3-1(4)2(5)6/h1,3-4,7-16H,2,5-6,17-21H2;(H,3,4)(H,5,6). The van der Waals surface area contributed by atoms with E-state index in [1.165, 1.54) is 43.5 Å². The van der Waals surface area contributed by atoms with Crippen LogP contribution in [0.4, 0.5) is 0 Å². The number of piperidine rings is 1. The first-order valence-corrected chi connectivity index (χ1v) is 11.7. The lowest BCUT2D eigenvalue weighted by Crippen LogP contribution is -2.29. The highest BCUT2D eigenvalue weighted by molar-refractivity contribution is 6.27. The van der Waals surface area contributed by atoms with E-state index in [1.807, 2.05) is 42.5 Å². The second-order valence-electron chi connectivity index (χ2n) is 8.30. The number of rotatable bonds is 8. The van der Waals surface area contributed by atoms with Crippen LogP contribution in [0.2, 0.25) is 0 Å². The number of aliphatic carboxylic acids is 2. The minimum Gasteiger partial charge on any atom is -0.489 e. The number of carboxylic acids is 2. The topological polar surface area (TPSA) is 96.3 Å². The molecule has 1 heterocycles. The van der Waals surface area contributed by atoms with Crippen LogP contribution < -0.4 is 9.47 Å². The summed E-state index contributed by atoms with van der Waals surface area (Å²) >= 11 is 0. The van der Waals surface area contributed by atoms with Gasteiger partial charge in [-0.25, -0.2) is 9.59 Å². The van der Waals surface area contributed by atoms with Crippen LogP contribution in [0.25, 0.3) is 0 Å². The molecule has 1 aliphatic heterocycles. The minimum atomic E-state index is -1.82. The van der Waals surface area contributed by atoms with Crippen LogP contribution >= 0.6 is 0 Å². The second-order valence-corrected chi connectivity index (χ2v) is 8.30. The monoisotopic (exact) mass is 477 g/mol. The molecule has 3 aromatic rings. The van der Waals surface area contributed by atoms with E-state index in [4.69, 9.17) is 29.3 Å². The summed E-state index contributed by atoms with van der Waals surface area (Å²) < 4.78 is 11.8. The largest absolute Gasteiger partial charge is 0.489 e. The third-order valence-corrected chi connectivity index (χ3v) is 5.54. The summed E-state index contributed by atoms with van der Waals surface area (Å²) in [5, 5.41) is 14.8. The molecule has 7 heteroatoms. The quantitative estimate of drug-likeness (QED) is 0.442. The van der Waals surface area contributed by atoms with Gasteiger partial charge in [-0.1, -0.05) is 61.0 Å². The zero-order chi connectivity index (χ0) is 24.9. The highest BCUT2D eigenvalue weighted by Crippen LogP contribution is 2.20. The van der Waals surface area contributed by atoms with Gasteiger partial charge in [-0.2, -0.15) is 0 Å². The van der Waals surface area contributed by atoms with Crippen LogP contribution in [-0.2, 0) is 29.3 Å². The first kappa shape index (κ1) is 25.8. The molecule has 0 amide bonds. The second kappa shape index (κ2) is 13.8. The average molecular weight is 478 g/mol. The molecule has 0 bridgehead atoms. The minimum absolute atomic E-state index is 0.574. The van der Waals surface area contributed by atoms with Gasteiger partial charge in [0.05, 0.1) is 0 Å². The van der Waals surface area contributed by atoms with Crippen molar-refractivity contribution >= 4 is 11.9 Å². The van der Waals surface area contributed by atoms with E-state index >= 15 is 0 Å². The summed E-state index contributed by atoms with van der Waals surface area (Å²) in [5.74, 6) is -1.94. The number of likely N-dealkylation sites (tertiary alicyclic amines) is 1. The van der Waals surface area contributed by atoms with Crippen molar-refractivity contribution < 1.29 is 29.3 Å². The maximum atomic E-state index is 9.10. The molecule has 0 aromatic heterocycles. The van der Waals surface area contributed by atoms with E-state index in [0.717, 1.165) is 23.6 Å². The van der Waals surface area contributed by atoms with E-state index in [1.54, 1.807) is 0 Å². The molecule has 7 nitrogen and oxygen atoms in total. The molecular weight excluding hydrogens is 446 g/mol. The first-order chi connectivity index (χ1) is 17.0. The third kappa shape index (κ3) is 9.51. The fraction of sp³-hybridized carbons (Fsp3) is 0.286. The SMILES string of the molecule is O=C(O)C(=O)O.c1ccc(COc2ccc(OCc3ccc(CN4CCCCC4)cc3)cc2)cc1.